The Bertz CT molecular complexity index is 681. The van der Waals surface area contributed by atoms with Gasteiger partial charge in [0.25, 0.3) is 11.8 Å². The Morgan fingerprint density at radius 1 is 1.14 bits per heavy atom. The standard InChI is InChI=1S/C21H33N3O5/c1-13-7-6-9-16(15(13)3)22-17(25)12-29-18(26)11-24-19(27)21(23-20(24)28)10-5-4-8-14(21)2/h13-16H,4-12H2,1-3H3,(H,22,25)(H,23,28)/t13-,14+,15-,16-,21+/m1/s1. The van der Waals surface area contributed by atoms with Gasteiger partial charge in [-0.2, -0.15) is 0 Å². The van der Waals surface area contributed by atoms with Crippen LogP contribution >= 0.6 is 0 Å². The molecule has 1 heterocycles. The van der Waals surface area contributed by atoms with Gasteiger partial charge in [-0.05, 0) is 37.0 Å². The summed E-state index contributed by atoms with van der Waals surface area (Å²) in [5.74, 6) is -0.512. The first-order chi connectivity index (χ1) is 13.7. The monoisotopic (exact) mass is 407 g/mol. The average molecular weight is 408 g/mol. The van der Waals surface area contributed by atoms with Gasteiger partial charge < -0.3 is 15.4 Å². The summed E-state index contributed by atoms with van der Waals surface area (Å²) in [6.07, 6.45) is 6.51. The van der Waals surface area contributed by atoms with Crippen molar-refractivity contribution in [2.45, 2.75) is 77.3 Å². The maximum absolute atomic E-state index is 12.9. The summed E-state index contributed by atoms with van der Waals surface area (Å²) in [5.41, 5.74) is -0.902. The van der Waals surface area contributed by atoms with Gasteiger partial charge >= 0.3 is 12.0 Å². The van der Waals surface area contributed by atoms with Crippen molar-refractivity contribution in [3.63, 3.8) is 0 Å². The lowest BCUT2D eigenvalue weighted by Crippen LogP contribution is -2.54. The minimum Gasteiger partial charge on any atom is -0.454 e. The highest BCUT2D eigenvalue weighted by Crippen LogP contribution is 2.38. The fraction of sp³-hybridized carbons (Fsp3) is 0.810. The van der Waals surface area contributed by atoms with Crippen molar-refractivity contribution in [3.05, 3.63) is 0 Å². The van der Waals surface area contributed by atoms with Crippen LogP contribution in [0.15, 0.2) is 0 Å². The van der Waals surface area contributed by atoms with Crippen LogP contribution in [0.3, 0.4) is 0 Å². The number of hydrogen-bond acceptors (Lipinski definition) is 5. The number of amides is 4. The normalized spacial score (nSPS) is 34.8. The summed E-state index contributed by atoms with van der Waals surface area (Å²) in [4.78, 5) is 50.4. The molecule has 162 valence electrons. The average Bonchev–Trinajstić information content (AvgIpc) is 2.91. The summed E-state index contributed by atoms with van der Waals surface area (Å²) in [7, 11) is 0. The maximum Gasteiger partial charge on any atom is 0.326 e. The molecule has 1 spiro atoms. The van der Waals surface area contributed by atoms with Gasteiger partial charge in [0.1, 0.15) is 12.1 Å². The fourth-order valence-corrected chi connectivity index (χ4v) is 4.99. The van der Waals surface area contributed by atoms with E-state index < -0.39 is 30.7 Å². The van der Waals surface area contributed by atoms with Crippen LogP contribution in [0.4, 0.5) is 4.79 Å². The molecule has 3 fully saturated rings. The van der Waals surface area contributed by atoms with Crippen LogP contribution < -0.4 is 10.6 Å². The van der Waals surface area contributed by atoms with Crippen molar-refractivity contribution < 1.29 is 23.9 Å². The minimum atomic E-state index is -0.902. The molecule has 3 aliphatic rings. The second-order valence-electron chi connectivity index (χ2n) is 9.04. The SMILES string of the molecule is C[C@@H]1[C@H](C)CCC[C@H]1NC(=O)COC(=O)CN1C(=O)N[C@]2(CCCC[C@@H]2C)C1=O. The zero-order valence-electron chi connectivity index (χ0n) is 17.7. The highest BCUT2D eigenvalue weighted by atomic mass is 16.5. The van der Waals surface area contributed by atoms with Crippen molar-refractivity contribution in [2.75, 3.05) is 13.2 Å². The van der Waals surface area contributed by atoms with E-state index in [-0.39, 0.29) is 23.8 Å². The summed E-state index contributed by atoms with van der Waals surface area (Å²) < 4.78 is 5.04. The largest absolute Gasteiger partial charge is 0.454 e. The van der Waals surface area contributed by atoms with Gasteiger partial charge in [0, 0.05) is 6.04 Å². The van der Waals surface area contributed by atoms with E-state index in [1.54, 1.807) is 0 Å². The van der Waals surface area contributed by atoms with Crippen LogP contribution in [0.1, 0.15) is 65.7 Å². The number of ether oxygens (including phenoxy) is 1. The lowest BCUT2D eigenvalue weighted by Gasteiger charge is -2.36. The van der Waals surface area contributed by atoms with Gasteiger partial charge in [0.15, 0.2) is 6.61 Å². The van der Waals surface area contributed by atoms with Crippen LogP contribution in [-0.4, -0.2) is 53.4 Å². The third-order valence-electron chi connectivity index (χ3n) is 7.21. The Morgan fingerprint density at radius 3 is 2.62 bits per heavy atom. The van der Waals surface area contributed by atoms with Gasteiger partial charge in [0.2, 0.25) is 0 Å². The minimum absolute atomic E-state index is 0.0272. The second kappa shape index (κ2) is 8.71. The first-order valence-electron chi connectivity index (χ1n) is 10.8. The van der Waals surface area contributed by atoms with Crippen LogP contribution in [0.2, 0.25) is 0 Å². The van der Waals surface area contributed by atoms with Crippen molar-refractivity contribution in [2.24, 2.45) is 17.8 Å². The molecular formula is C21H33N3O5. The Morgan fingerprint density at radius 2 is 1.90 bits per heavy atom. The zero-order valence-corrected chi connectivity index (χ0v) is 17.7. The van der Waals surface area contributed by atoms with Crippen LogP contribution in [0.25, 0.3) is 0 Å². The number of urea groups is 1. The molecule has 1 aliphatic heterocycles. The highest BCUT2D eigenvalue weighted by molar-refractivity contribution is 6.09. The molecule has 5 atom stereocenters. The molecule has 8 heteroatoms. The van der Waals surface area contributed by atoms with Crippen LogP contribution in [-0.2, 0) is 19.1 Å². The molecule has 8 nitrogen and oxygen atoms in total. The Balaban J connectivity index is 1.48. The summed E-state index contributed by atoms with van der Waals surface area (Å²) in [6.45, 7) is 5.39. The van der Waals surface area contributed by atoms with Gasteiger partial charge in [-0.1, -0.05) is 46.5 Å². The van der Waals surface area contributed by atoms with Crippen molar-refractivity contribution in [1.29, 1.82) is 0 Å². The molecule has 3 rings (SSSR count). The Kier molecular flexibility index (Phi) is 6.49. The smallest absolute Gasteiger partial charge is 0.326 e. The molecule has 0 bridgehead atoms. The molecule has 29 heavy (non-hydrogen) atoms. The predicted molar refractivity (Wildman–Crippen MR) is 106 cm³/mol. The summed E-state index contributed by atoms with van der Waals surface area (Å²) >= 11 is 0. The first-order valence-corrected chi connectivity index (χ1v) is 10.8. The number of carbonyl (C=O) groups excluding carboxylic acids is 4. The first kappa shape index (κ1) is 21.6. The number of esters is 1. The molecule has 4 amide bonds. The molecule has 2 aliphatic carbocycles. The molecule has 2 saturated carbocycles. The van der Waals surface area contributed by atoms with E-state index in [9.17, 15) is 19.2 Å². The van der Waals surface area contributed by atoms with E-state index >= 15 is 0 Å². The zero-order chi connectivity index (χ0) is 21.2. The van der Waals surface area contributed by atoms with Crippen molar-refractivity contribution in [1.82, 2.24) is 15.5 Å². The topological polar surface area (TPSA) is 105 Å². The van der Waals surface area contributed by atoms with Gasteiger partial charge in [-0.25, -0.2) is 4.79 Å². The molecule has 0 aromatic carbocycles. The van der Waals surface area contributed by atoms with E-state index in [2.05, 4.69) is 24.5 Å². The predicted octanol–water partition coefficient (Wildman–Crippen LogP) is 1.97. The Hall–Kier alpha value is -2.12. The second-order valence-corrected chi connectivity index (χ2v) is 9.04. The molecule has 0 unspecified atom stereocenters. The molecule has 2 N–H and O–H groups in total. The third-order valence-corrected chi connectivity index (χ3v) is 7.21. The third kappa shape index (κ3) is 4.41. The number of nitrogens with zero attached hydrogens (tertiary/aromatic N) is 1. The molecule has 0 aromatic heterocycles. The van der Waals surface area contributed by atoms with Crippen molar-refractivity contribution in [3.8, 4) is 0 Å². The molecule has 1 saturated heterocycles. The van der Waals surface area contributed by atoms with Gasteiger partial charge in [-0.15, -0.1) is 0 Å². The molecular weight excluding hydrogens is 374 g/mol. The highest BCUT2D eigenvalue weighted by Gasteiger charge is 2.55. The maximum atomic E-state index is 12.9. The lowest BCUT2D eigenvalue weighted by molar-refractivity contribution is -0.151. The quantitative estimate of drug-likeness (QED) is 0.536. The Labute approximate surface area is 172 Å². The molecule has 0 radical (unpaired) electrons. The van der Waals surface area contributed by atoms with Gasteiger partial charge in [-0.3, -0.25) is 19.3 Å². The van der Waals surface area contributed by atoms with Gasteiger partial charge in [0.05, 0.1) is 0 Å². The summed E-state index contributed by atoms with van der Waals surface area (Å²) in [6, 6.07) is -0.473. The van der Waals surface area contributed by atoms with E-state index in [1.807, 2.05) is 6.92 Å². The van der Waals surface area contributed by atoms with Crippen LogP contribution in [0, 0.1) is 17.8 Å². The number of carbonyl (C=O) groups is 4. The number of hydrogen-bond donors (Lipinski definition) is 2. The number of nitrogens with one attached hydrogen (secondary N) is 2. The lowest BCUT2D eigenvalue weighted by atomic mass is 9.73. The van der Waals surface area contributed by atoms with E-state index in [0.29, 0.717) is 18.3 Å². The van der Waals surface area contributed by atoms with E-state index in [4.69, 9.17) is 4.74 Å². The molecule has 0 aromatic rings. The van der Waals surface area contributed by atoms with E-state index in [1.165, 1.54) is 0 Å². The number of imide groups is 1. The van der Waals surface area contributed by atoms with Crippen molar-refractivity contribution >= 4 is 23.8 Å². The number of rotatable bonds is 5. The van der Waals surface area contributed by atoms with Crippen LogP contribution in [0.5, 0.6) is 0 Å². The fourth-order valence-electron chi connectivity index (χ4n) is 4.99. The van der Waals surface area contributed by atoms with E-state index in [0.717, 1.165) is 43.4 Å². The summed E-state index contributed by atoms with van der Waals surface area (Å²) in [5, 5.41) is 5.74.